The van der Waals surface area contributed by atoms with Crippen LogP contribution in [0.15, 0.2) is 0 Å². The van der Waals surface area contributed by atoms with Crippen LogP contribution in [0, 0.1) is 23.7 Å². The third-order valence-corrected chi connectivity index (χ3v) is 2.44. The minimum atomic E-state index is -2.31. The Morgan fingerprint density at radius 1 is 1.75 bits per heavy atom. The average Bonchev–Trinajstić information content (AvgIpc) is 2.00. The number of hydrogen-bond acceptors (Lipinski definition) is 3. The molecule has 0 aromatic rings. The number of nitrogens with zero attached hydrogens (tertiary/aromatic N) is 1. The van der Waals surface area contributed by atoms with Gasteiger partial charge in [-0.15, -0.1) is 6.42 Å². The second-order valence-electron chi connectivity index (χ2n) is 2.27. The Bertz CT molecular complexity index is 243. The van der Waals surface area contributed by atoms with Gasteiger partial charge in [-0.25, -0.2) is 0 Å². The molecule has 2 unspecified atom stereocenters. The van der Waals surface area contributed by atoms with E-state index in [1.54, 1.807) is 0 Å². The monoisotopic (exact) mass is 193 g/mol. The third-order valence-electron chi connectivity index (χ3n) is 1.39. The van der Waals surface area contributed by atoms with Gasteiger partial charge in [0.2, 0.25) is 0 Å². The van der Waals surface area contributed by atoms with Crippen LogP contribution in [0.1, 0.15) is 19.8 Å². The molecular weight excluding hydrogens is 185 g/mol. The van der Waals surface area contributed by atoms with E-state index in [2.05, 4.69) is 5.92 Å². The Hall–Kier alpha value is 0.160. The fourth-order valence-electron chi connectivity index (χ4n) is 0.498. The van der Waals surface area contributed by atoms with Crippen molar-refractivity contribution >= 4 is 11.1 Å². The van der Waals surface area contributed by atoms with Crippen LogP contribution in [0.5, 0.6) is 0 Å². The summed E-state index contributed by atoms with van der Waals surface area (Å²) in [6.07, 6.45) is 5.35. The normalized spacial score (nSPS) is 16.0. The first-order valence-corrected chi connectivity index (χ1v) is 4.08. The molecule has 0 fully saturated rings. The predicted octanol–water partition coefficient (Wildman–Crippen LogP) is -2.43. The molecule has 0 bridgehead atoms. The molecule has 60 valence electrons. The van der Waals surface area contributed by atoms with Crippen molar-refractivity contribution in [3.05, 3.63) is 0 Å². The predicted molar refractivity (Wildman–Crippen MR) is 41.0 cm³/mol. The largest absolute Gasteiger partial charge is 1.00 e. The summed E-state index contributed by atoms with van der Waals surface area (Å²) in [6, 6.07) is 1.84. The maximum absolute atomic E-state index is 10.5. The maximum atomic E-state index is 10.5. The molecule has 0 heterocycles. The number of rotatable bonds is 3. The van der Waals surface area contributed by atoms with Gasteiger partial charge < -0.3 is 4.55 Å². The van der Waals surface area contributed by atoms with Crippen LogP contribution in [0.25, 0.3) is 0 Å². The Morgan fingerprint density at radius 3 is 2.50 bits per heavy atom. The molecule has 0 aromatic carbocycles. The van der Waals surface area contributed by atoms with Gasteiger partial charge in [-0.2, -0.15) is 5.26 Å². The molecule has 0 N–H and O–H groups in total. The van der Waals surface area contributed by atoms with Gasteiger partial charge >= 0.3 is 29.6 Å². The van der Waals surface area contributed by atoms with Gasteiger partial charge in [0.15, 0.2) is 0 Å². The summed E-state index contributed by atoms with van der Waals surface area (Å²) in [6.45, 7) is 1.42. The molecule has 0 aliphatic carbocycles. The van der Waals surface area contributed by atoms with Crippen LogP contribution in [-0.4, -0.2) is 13.5 Å². The van der Waals surface area contributed by atoms with Gasteiger partial charge in [-0.3, -0.25) is 4.21 Å². The van der Waals surface area contributed by atoms with E-state index >= 15 is 0 Å². The molecule has 0 amide bonds. The minimum Gasteiger partial charge on any atom is -0.771 e. The average molecular weight is 193 g/mol. The third kappa shape index (κ3) is 4.25. The smallest absolute Gasteiger partial charge is 0.771 e. The van der Waals surface area contributed by atoms with Crippen molar-refractivity contribution in [3.63, 3.8) is 0 Å². The molecule has 0 saturated carbocycles. The summed E-state index contributed by atoms with van der Waals surface area (Å²) in [7, 11) is 0. The summed E-state index contributed by atoms with van der Waals surface area (Å²) in [5.74, 6) is 2.15. The zero-order valence-corrected chi connectivity index (χ0v) is 9.98. The van der Waals surface area contributed by atoms with Gasteiger partial charge in [-0.05, 0) is 24.4 Å². The van der Waals surface area contributed by atoms with Crippen molar-refractivity contribution in [2.24, 2.45) is 0 Å². The Morgan fingerprint density at radius 2 is 2.25 bits per heavy atom. The SMILES string of the molecule is C#CC(C)(CCC#N)S(=O)[O-].[Na+]. The molecule has 2 atom stereocenters. The molecule has 0 aliphatic rings. The Labute approximate surface area is 97.1 Å². The fraction of sp³-hybridized carbons (Fsp3) is 0.571. The summed E-state index contributed by atoms with van der Waals surface area (Å²) in [5.41, 5.74) is 0. The summed E-state index contributed by atoms with van der Waals surface area (Å²) >= 11 is -2.31. The van der Waals surface area contributed by atoms with Crippen molar-refractivity contribution in [2.75, 3.05) is 0 Å². The van der Waals surface area contributed by atoms with E-state index in [0.717, 1.165) is 0 Å². The Kier molecular flexibility index (Phi) is 8.13. The van der Waals surface area contributed by atoms with Gasteiger partial charge in [0, 0.05) is 6.42 Å². The standard InChI is InChI=1S/C7H9NO2S.Na/c1-3-7(2,11(9)10)5-4-6-8;/h1H,4-5H2,2H3,(H,9,10);/q;+1/p-1. The molecule has 0 saturated heterocycles. The zero-order chi connectivity index (χ0) is 8.91. The molecule has 5 heteroatoms. The molecule has 12 heavy (non-hydrogen) atoms. The van der Waals surface area contributed by atoms with Crippen LogP contribution >= 0.6 is 0 Å². The molecule has 0 aromatic heterocycles. The molecule has 0 aliphatic heterocycles. The van der Waals surface area contributed by atoms with Crippen LogP contribution in [0.2, 0.25) is 0 Å². The van der Waals surface area contributed by atoms with E-state index in [9.17, 15) is 8.76 Å². The summed E-state index contributed by atoms with van der Waals surface area (Å²) in [5, 5.41) is 8.19. The minimum absolute atomic E-state index is 0. The first-order valence-electron chi connectivity index (χ1n) is 3.01. The van der Waals surface area contributed by atoms with E-state index in [4.69, 9.17) is 11.7 Å². The van der Waals surface area contributed by atoms with Crippen LogP contribution < -0.4 is 29.6 Å². The van der Waals surface area contributed by atoms with E-state index < -0.39 is 15.8 Å². The van der Waals surface area contributed by atoms with Gasteiger partial charge in [0.25, 0.3) is 0 Å². The quantitative estimate of drug-likeness (QED) is 0.284. The molecular formula is C7H8NNaO2S. The summed E-state index contributed by atoms with van der Waals surface area (Å²) in [4.78, 5) is 0. The zero-order valence-electron chi connectivity index (χ0n) is 7.16. The first kappa shape index (κ1) is 14.7. The van der Waals surface area contributed by atoms with E-state index in [1.165, 1.54) is 6.92 Å². The van der Waals surface area contributed by atoms with Crippen molar-refractivity contribution in [1.82, 2.24) is 0 Å². The maximum Gasteiger partial charge on any atom is 1.00 e. The first-order chi connectivity index (χ1) is 5.06. The fourth-order valence-corrected chi connectivity index (χ4v) is 0.863. The molecule has 0 rings (SSSR count). The van der Waals surface area contributed by atoms with E-state index in [0.29, 0.717) is 0 Å². The van der Waals surface area contributed by atoms with Crippen LogP contribution in [0.4, 0.5) is 0 Å². The molecule has 0 spiro atoms. The number of terminal acetylenes is 1. The number of nitriles is 1. The van der Waals surface area contributed by atoms with Gasteiger partial charge in [0.05, 0.1) is 10.8 Å². The number of hydrogen-bond donors (Lipinski definition) is 0. The van der Waals surface area contributed by atoms with Gasteiger partial charge in [0.1, 0.15) is 0 Å². The van der Waals surface area contributed by atoms with Crippen LogP contribution in [-0.2, 0) is 11.1 Å². The van der Waals surface area contributed by atoms with Crippen molar-refractivity contribution in [1.29, 1.82) is 5.26 Å². The second kappa shape index (κ2) is 6.65. The van der Waals surface area contributed by atoms with E-state index in [1.807, 2.05) is 6.07 Å². The van der Waals surface area contributed by atoms with Crippen molar-refractivity contribution < 1.29 is 38.3 Å². The van der Waals surface area contributed by atoms with Crippen LogP contribution in [0.3, 0.4) is 0 Å². The Balaban J connectivity index is 0. The summed E-state index contributed by atoms with van der Waals surface area (Å²) < 4.78 is 19.8. The molecule has 0 radical (unpaired) electrons. The molecule has 3 nitrogen and oxygen atoms in total. The second-order valence-corrected chi connectivity index (χ2v) is 3.64. The van der Waals surface area contributed by atoms with E-state index in [-0.39, 0.29) is 42.4 Å². The van der Waals surface area contributed by atoms with Crippen molar-refractivity contribution in [2.45, 2.75) is 24.5 Å². The topological polar surface area (TPSA) is 63.9 Å². The van der Waals surface area contributed by atoms with Crippen molar-refractivity contribution in [3.8, 4) is 18.4 Å². The van der Waals surface area contributed by atoms with Gasteiger partial charge in [-0.1, -0.05) is 5.92 Å².